The molecule has 1 aromatic carbocycles. The summed E-state index contributed by atoms with van der Waals surface area (Å²) in [7, 11) is 2.15. The maximum Gasteiger partial charge on any atom is 0.107 e. The average Bonchev–Trinajstić information content (AvgIpc) is 2.26. The zero-order chi connectivity index (χ0) is 13.1. The lowest BCUT2D eigenvalue weighted by Crippen LogP contribution is -2.38. The summed E-state index contributed by atoms with van der Waals surface area (Å²) >= 11 is 7.05. The van der Waals surface area contributed by atoms with E-state index in [1.54, 1.807) is 11.8 Å². The van der Waals surface area contributed by atoms with E-state index in [2.05, 4.69) is 37.1 Å². The Morgan fingerprint density at radius 2 is 2.22 bits per heavy atom. The van der Waals surface area contributed by atoms with Gasteiger partial charge in [-0.2, -0.15) is 0 Å². The maximum atomic E-state index is 5.93. The van der Waals surface area contributed by atoms with Gasteiger partial charge in [0.25, 0.3) is 0 Å². The van der Waals surface area contributed by atoms with Crippen LogP contribution in [0, 0.1) is 0 Å². The lowest BCUT2D eigenvalue weighted by molar-refractivity contribution is 0.401. The van der Waals surface area contributed by atoms with Gasteiger partial charge in [-0.3, -0.25) is 0 Å². The second kappa shape index (κ2) is 5.93. The third-order valence-corrected chi connectivity index (χ3v) is 4.70. The smallest absolute Gasteiger partial charge is 0.107 e. The molecule has 1 fully saturated rings. The summed E-state index contributed by atoms with van der Waals surface area (Å²) in [5.74, 6) is 1.03. The fraction of sp³-hybridized carbons (Fsp3) is 0.500. The predicted octanol–water partition coefficient (Wildman–Crippen LogP) is 3.42. The minimum Gasteiger partial charge on any atom is -0.389 e. The van der Waals surface area contributed by atoms with E-state index in [-0.39, 0.29) is 0 Å². The molecule has 2 N–H and O–H groups in total. The van der Waals surface area contributed by atoms with Crippen LogP contribution >= 0.6 is 24.0 Å². The monoisotopic (exact) mass is 280 g/mol. The molecule has 0 aromatic heterocycles. The quantitative estimate of drug-likeness (QED) is 0.661. The number of thioether (sulfide) groups is 1. The highest BCUT2D eigenvalue weighted by molar-refractivity contribution is 7.99. The average molecular weight is 280 g/mol. The van der Waals surface area contributed by atoms with Crippen molar-refractivity contribution in [1.29, 1.82) is 0 Å². The van der Waals surface area contributed by atoms with E-state index in [0.717, 1.165) is 11.3 Å². The van der Waals surface area contributed by atoms with Crippen molar-refractivity contribution in [3.8, 4) is 0 Å². The molecule has 1 saturated carbocycles. The van der Waals surface area contributed by atoms with Crippen molar-refractivity contribution in [2.45, 2.75) is 37.1 Å². The molecule has 0 unspecified atom stereocenters. The van der Waals surface area contributed by atoms with Crippen molar-refractivity contribution in [3.05, 3.63) is 23.8 Å². The first-order chi connectivity index (χ1) is 8.65. The summed E-state index contributed by atoms with van der Waals surface area (Å²) in [6.07, 6.45) is 3.89. The molecule has 0 atom stereocenters. The first-order valence-corrected chi connectivity index (χ1v) is 7.83. The molecule has 0 bridgehead atoms. The highest BCUT2D eigenvalue weighted by Gasteiger charge is 2.25. The van der Waals surface area contributed by atoms with Gasteiger partial charge in [0.05, 0.1) is 0 Å². The number of nitrogens with zero attached hydrogens (tertiary/aromatic N) is 1. The van der Waals surface area contributed by atoms with Gasteiger partial charge in [-0.15, -0.1) is 11.8 Å². The maximum absolute atomic E-state index is 5.93. The predicted molar refractivity (Wildman–Crippen MR) is 84.8 cm³/mol. The highest BCUT2D eigenvalue weighted by Crippen LogP contribution is 2.34. The number of nitrogens with two attached hydrogens (primary N) is 1. The number of thiocarbonyl (C=S) groups is 1. The van der Waals surface area contributed by atoms with Crippen molar-refractivity contribution < 1.29 is 0 Å². The lowest BCUT2D eigenvalue weighted by Gasteiger charge is -2.37. The van der Waals surface area contributed by atoms with Gasteiger partial charge >= 0.3 is 0 Å². The van der Waals surface area contributed by atoms with Gasteiger partial charge in [-0.05, 0) is 37.1 Å². The molecule has 1 aliphatic carbocycles. The molecule has 0 heterocycles. The summed E-state index contributed by atoms with van der Waals surface area (Å²) < 4.78 is 0. The first kappa shape index (κ1) is 13.7. The van der Waals surface area contributed by atoms with Crippen molar-refractivity contribution in [2.24, 2.45) is 5.73 Å². The van der Waals surface area contributed by atoms with Crippen LogP contribution in [0.5, 0.6) is 0 Å². The van der Waals surface area contributed by atoms with Crippen LogP contribution in [0.3, 0.4) is 0 Å². The van der Waals surface area contributed by atoms with Gasteiger partial charge in [-0.1, -0.05) is 25.2 Å². The summed E-state index contributed by atoms with van der Waals surface area (Å²) in [6.45, 7) is 2.15. The summed E-state index contributed by atoms with van der Waals surface area (Å²) in [4.78, 5) is 4.05. The molecular weight excluding hydrogens is 260 g/mol. The molecule has 4 heteroatoms. The second-order valence-electron chi connectivity index (χ2n) is 4.64. The van der Waals surface area contributed by atoms with Crippen molar-refractivity contribution >= 4 is 34.7 Å². The zero-order valence-corrected chi connectivity index (χ0v) is 12.6. The molecule has 1 aromatic rings. The van der Waals surface area contributed by atoms with E-state index in [0.29, 0.717) is 11.0 Å². The van der Waals surface area contributed by atoms with Crippen molar-refractivity contribution in [2.75, 3.05) is 17.7 Å². The topological polar surface area (TPSA) is 29.3 Å². The van der Waals surface area contributed by atoms with E-state index in [1.807, 2.05) is 0 Å². The summed E-state index contributed by atoms with van der Waals surface area (Å²) in [5.41, 5.74) is 8.17. The van der Waals surface area contributed by atoms with Crippen LogP contribution in [-0.4, -0.2) is 23.8 Å². The summed E-state index contributed by atoms with van der Waals surface area (Å²) in [5, 5.41) is 0. The van der Waals surface area contributed by atoms with Crippen LogP contribution in [-0.2, 0) is 0 Å². The molecule has 0 amide bonds. The second-order valence-corrected chi connectivity index (χ2v) is 6.39. The van der Waals surface area contributed by atoms with Gasteiger partial charge in [0, 0.05) is 29.2 Å². The Hall–Kier alpha value is -0.740. The Morgan fingerprint density at radius 3 is 2.72 bits per heavy atom. The number of benzene rings is 1. The molecule has 0 saturated heterocycles. The molecule has 1 aliphatic rings. The standard InChI is InChI=1S/C14H20N2S2/c1-3-18-12-9-5-8-11(13(12)14(15)17)16(2)10-6-4-7-10/h5,8-10H,3-4,6-7H2,1-2H3,(H2,15,17). The van der Waals surface area contributed by atoms with Crippen molar-refractivity contribution in [3.63, 3.8) is 0 Å². The molecule has 0 spiro atoms. The Bertz CT molecular complexity index is 441. The molecule has 98 valence electrons. The van der Waals surface area contributed by atoms with Crippen LogP contribution < -0.4 is 10.6 Å². The normalized spacial score (nSPS) is 15.2. The minimum atomic E-state index is 0.507. The lowest BCUT2D eigenvalue weighted by atomic mass is 9.91. The van der Waals surface area contributed by atoms with Crippen LogP contribution in [0.1, 0.15) is 31.7 Å². The molecule has 0 aliphatic heterocycles. The van der Waals surface area contributed by atoms with Gasteiger partial charge in [0.15, 0.2) is 0 Å². The third kappa shape index (κ3) is 2.64. The first-order valence-electron chi connectivity index (χ1n) is 6.43. The fourth-order valence-electron chi connectivity index (χ4n) is 2.31. The van der Waals surface area contributed by atoms with Crippen LogP contribution in [0.25, 0.3) is 0 Å². The third-order valence-electron chi connectivity index (χ3n) is 3.55. The Kier molecular flexibility index (Phi) is 4.51. The molecule has 2 nitrogen and oxygen atoms in total. The van der Waals surface area contributed by atoms with Crippen molar-refractivity contribution in [1.82, 2.24) is 0 Å². The molecule has 18 heavy (non-hydrogen) atoms. The minimum absolute atomic E-state index is 0.507. The summed E-state index contributed by atoms with van der Waals surface area (Å²) in [6, 6.07) is 7.00. The SMILES string of the molecule is CCSc1cccc(N(C)C2CCC2)c1C(N)=S. The molecule has 2 rings (SSSR count). The Morgan fingerprint density at radius 1 is 1.50 bits per heavy atom. The Labute approximate surface area is 119 Å². The van der Waals surface area contributed by atoms with E-state index in [1.165, 1.54) is 29.8 Å². The van der Waals surface area contributed by atoms with E-state index >= 15 is 0 Å². The Balaban J connectivity index is 2.38. The zero-order valence-electron chi connectivity index (χ0n) is 11.0. The fourth-order valence-corrected chi connectivity index (χ4v) is 3.43. The van der Waals surface area contributed by atoms with Crippen LogP contribution in [0.2, 0.25) is 0 Å². The van der Waals surface area contributed by atoms with Gasteiger partial charge < -0.3 is 10.6 Å². The number of anilines is 1. The molecule has 0 radical (unpaired) electrons. The van der Waals surface area contributed by atoms with E-state index in [4.69, 9.17) is 18.0 Å². The van der Waals surface area contributed by atoms with Crippen LogP contribution in [0.15, 0.2) is 23.1 Å². The van der Waals surface area contributed by atoms with E-state index in [9.17, 15) is 0 Å². The number of rotatable bonds is 5. The highest BCUT2D eigenvalue weighted by atomic mass is 32.2. The number of hydrogen-bond donors (Lipinski definition) is 1. The van der Waals surface area contributed by atoms with Gasteiger partial charge in [-0.25, -0.2) is 0 Å². The number of hydrogen-bond acceptors (Lipinski definition) is 3. The largest absolute Gasteiger partial charge is 0.389 e. The van der Waals surface area contributed by atoms with Gasteiger partial charge in [0.1, 0.15) is 4.99 Å². The van der Waals surface area contributed by atoms with Gasteiger partial charge in [0.2, 0.25) is 0 Å². The van der Waals surface area contributed by atoms with Crippen LogP contribution in [0.4, 0.5) is 5.69 Å². The molecular formula is C14H20N2S2. The van der Waals surface area contributed by atoms with E-state index < -0.39 is 0 Å².